The summed E-state index contributed by atoms with van der Waals surface area (Å²) in [5.41, 5.74) is 12.0. The highest BCUT2D eigenvalue weighted by atomic mass is 79.9. The second-order valence-electron chi connectivity index (χ2n) is 5.06. The summed E-state index contributed by atoms with van der Waals surface area (Å²) in [6.45, 7) is 0. The molecule has 0 saturated carbocycles. The number of nitrogens with two attached hydrogens (primary N) is 1. The van der Waals surface area contributed by atoms with Crippen molar-refractivity contribution < 1.29 is 4.79 Å². The number of anilines is 4. The van der Waals surface area contributed by atoms with E-state index in [-0.39, 0.29) is 17.4 Å². The Bertz CT molecular complexity index is 919. The number of carbonyl (C=O) groups excluding carboxylic acids is 1. The Labute approximate surface area is 162 Å². The lowest BCUT2D eigenvalue weighted by molar-refractivity contribution is 0.0962. The van der Waals surface area contributed by atoms with Crippen molar-refractivity contribution in [3.8, 4) is 0 Å². The molecule has 1 aromatic carbocycles. The molecule has 8 nitrogen and oxygen atoms in total. The summed E-state index contributed by atoms with van der Waals surface area (Å²) < 4.78 is 0.883. The molecule has 1 amide bonds. The van der Waals surface area contributed by atoms with Gasteiger partial charge in [-0.05, 0) is 36.4 Å². The van der Waals surface area contributed by atoms with Gasteiger partial charge in [0, 0.05) is 16.2 Å². The zero-order valence-corrected chi connectivity index (χ0v) is 15.5. The van der Waals surface area contributed by atoms with Crippen molar-refractivity contribution in [2.45, 2.75) is 0 Å². The highest BCUT2D eigenvalue weighted by Crippen LogP contribution is 2.24. The van der Waals surface area contributed by atoms with E-state index >= 15 is 0 Å². The van der Waals surface area contributed by atoms with Crippen LogP contribution >= 0.6 is 27.5 Å². The van der Waals surface area contributed by atoms with Crippen molar-refractivity contribution >= 4 is 56.6 Å². The molecule has 3 aromatic rings. The van der Waals surface area contributed by atoms with E-state index in [1.165, 1.54) is 12.5 Å². The van der Waals surface area contributed by atoms with Gasteiger partial charge in [0.15, 0.2) is 11.6 Å². The Hall–Kier alpha value is -2.91. The third kappa shape index (κ3) is 4.38. The fourth-order valence-electron chi connectivity index (χ4n) is 1.96. The van der Waals surface area contributed by atoms with Gasteiger partial charge in [-0.1, -0.05) is 27.5 Å². The van der Waals surface area contributed by atoms with Gasteiger partial charge in [0.25, 0.3) is 5.91 Å². The highest BCUT2D eigenvalue weighted by molar-refractivity contribution is 9.10. The van der Waals surface area contributed by atoms with E-state index in [4.69, 9.17) is 17.3 Å². The average Bonchev–Trinajstić information content (AvgIpc) is 2.64. The molecule has 0 unspecified atom stereocenters. The van der Waals surface area contributed by atoms with Crippen molar-refractivity contribution in [3.05, 3.63) is 64.0 Å². The maximum absolute atomic E-state index is 12.1. The molecule has 0 aliphatic rings. The maximum atomic E-state index is 12.1. The lowest BCUT2D eigenvalue weighted by atomic mass is 10.2. The van der Waals surface area contributed by atoms with Crippen molar-refractivity contribution in [1.82, 2.24) is 20.4 Å². The van der Waals surface area contributed by atoms with Gasteiger partial charge < -0.3 is 11.1 Å². The van der Waals surface area contributed by atoms with Gasteiger partial charge in [-0.3, -0.25) is 15.6 Å². The Kier molecular flexibility index (Phi) is 5.49. The van der Waals surface area contributed by atoms with Crippen LogP contribution in [0.25, 0.3) is 0 Å². The summed E-state index contributed by atoms with van der Waals surface area (Å²) in [7, 11) is 0. The smallest absolute Gasteiger partial charge is 0.269 e. The van der Waals surface area contributed by atoms with E-state index in [1.807, 2.05) is 0 Å². The highest BCUT2D eigenvalue weighted by Gasteiger charge is 2.11. The number of aromatic nitrogens is 3. The number of carbonyl (C=O) groups is 1. The zero-order valence-electron chi connectivity index (χ0n) is 13.2. The molecule has 132 valence electrons. The normalized spacial score (nSPS) is 10.2. The molecule has 2 aromatic heterocycles. The fraction of sp³-hybridized carbons (Fsp3) is 0. The van der Waals surface area contributed by atoms with Crippen LogP contribution in [-0.2, 0) is 0 Å². The number of amides is 1. The van der Waals surface area contributed by atoms with Crippen LogP contribution < -0.4 is 21.9 Å². The van der Waals surface area contributed by atoms with E-state index in [1.54, 1.807) is 36.4 Å². The number of hydrogen-bond donors (Lipinski definition) is 4. The number of nitrogens with one attached hydrogen (secondary N) is 3. The molecule has 10 heteroatoms. The van der Waals surface area contributed by atoms with Crippen LogP contribution in [0.2, 0.25) is 5.02 Å². The van der Waals surface area contributed by atoms with Gasteiger partial charge in [-0.25, -0.2) is 15.0 Å². The number of hydrogen-bond acceptors (Lipinski definition) is 7. The molecular formula is C16H13BrClN7O. The Balaban J connectivity index is 1.69. The van der Waals surface area contributed by atoms with Crippen molar-refractivity contribution in [3.63, 3.8) is 0 Å². The first-order valence-electron chi connectivity index (χ1n) is 7.34. The SMILES string of the molecule is Nc1c(NNC(=O)c2ccc(Br)cc2)ncnc1Nc1ccc(Cl)cn1. The first-order valence-corrected chi connectivity index (χ1v) is 8.51. The molecule has 5 N–H and O–H groups in total. The van der Waals surface area contributed by atoms with Gasteiger partial charge in [0.1, 0.15) is 17.8 Å². The molecule has 0 radical (unpaired) electrons. The Morgan fingerprint density at radius 3 is 2.46 bits per heavy atom. The summed E-state index contributed by atoms with van der Waals surface area (Å²) in [5, 5.41) is 3.48. The first kappa shape index (κ1) is 17.9. The summed E-state index contributed by atoms with van der Waals surface area (Å²) in [6.07, 6.45) is 2.81. The lowest BCUT2D eigenvalue weighted by Crippen LogP contribution is -2.30. The van der Waals surface area contributed by atoms with Gasteiger partial charge in [-0.15, -0.1) is 0 Å². The van der Waals surface area contributed by atoms with E-state index in [9.17, 15) is 4.79 Å². The third-order valence-electron chi connectivity index (χ3n) is 3.26. The minimum absolute atomic E-state index is 0.223. The second-order valence-corrected chi connectivity index (χ2v) is 6.41. The molecule has 0 spiro atoms. The fourth-order valence-corrected chi connectivity index (χ4v) is 2.33. The third-order valence-corrected chi connectivity index (χ3v) is 4.01. The summed E-state index contributed by atoms with van der Waals surface area (Å²) in [5.74, 6) is 0.783. The topological polar surface area (TPSA) is 118 Å². The summed E-state index contributed by atoms with van der Waals surface area (Å²) in [4.78, 5) is 24.3. The first-order chi connectivity index (χ1) is 12.5. The minimum atomic E-state index is -0.329. The molecule has 0 aliphatic carbocycles. The van der Waals surface area contributed by atoms with E-state index < -0.39 is 0 Å². The Morgan fingerprint density at radius 1 is 1.04 bits per heavy atom. The van der Waals surface area contributed by atoms with E-state index in [0.717, 1.165) is 4.47 Å². The number of benzene rings is 1. The predicted octanol–water partition coefficient (Wildman–Crippen LogP) is 3.37. The maximum Gasteiger partial charge on any atom is 0.269 e. The van der Waals surface area contributed by atoms with E-state index in [2.05, 4.69) is 47.1 Å². The number of halogens is 2. The predicted molar refractivity (Wildman–Crippen MR) is 104 cm³/mol. The monoisotopic (exact) mass is 433 g/mol. The number of nitrogens with zero attached hydrogens (tertiary/aromatic N) is 3. The van der Waals surface area contributed by atoms with Crippen LogP contribution in [0.3, 0.4) is 0 Å². The van der Waals surface area contributed by atoms with Gasteiger partial charge in [-0.2, -0.15) is 0 Å². The van der Waals surface area contributed by atoms with E-state index in [0.29, 0.717) is 22.2 Å². The van der Waals surface area contributed by atoms with Crippen LogP contribution in [0.5, 0.6) is 0 Å². The summed E-state index contributed by atoms with van der Waals surface area (Å²) in [6, 6.07) is 10.3. The van der Waals surface area contributed by atoms with Crippen LogP contribution in [0, 0.1) is 0 Å². The standard InChI is InChI=1S/C16H13BrClN7O/c17-10-3-1-9(2-4-10)16(26)25-24-15-13(19)14(21-8-22-15)23-12-6-5-11(18)7-20-12/h1-8H,19H2,(H,25,26)(H2,20,21,22,23,24). The molecule has 3 rings (SSSR count). The van der Waals surface area contributed by atoms with Crippen molar-refractivity contribution in [2.75, 3.05) is 16.5 Å². The van der Waals surface area contributed by atoms with Gasteiger partial charge >= 0.3 is 0 Å². The quantitative estimate of drug-likeness (QED) is 0.455. The average molecular weight is 435 g/mol. The molecule has 0 atom stereocenters. The molecule has 0 fully saturated rings. The molecule has 26 heavy (non-hydrogen) atoms. The molecular weight excluding hydrogens is 422 g/mol. The zero-order chi connectivity index (χ0) is 18.5. The van der Waals surface area contributed by atoms with Gasteiger partial charge in [0.2, 0.25) is 0 Å². The van der Waals surface area contributed by atoms with Crippen LogP contribution in [0.15, 0.2) is 53.4 Å². The number of nitrogen functional groups attached to an aromatic ring is 1. The van der Waals surface area contributed by atoms with Crippen LogP contribution in [0.4, 0.5) is 23.1 Å². The largest absolute Gasteiger partial charge is 0.393 e. The molecule has 0 saturated heterocycles. The molecule has 2 heterocycles. The number of pyridine rings is 1. The molecule has 0 aliphatic heterocycles. The Morgan fingerprint density at radius 2 is 1.77 bits per heavy atom. The molecule has 0 bridgehead atoms. The summed E-state index contributed by atoms with van der Waals surface area (Å²) >= 11 is 9.13. The number of rotatable bonds is 5. The van der Waals surface area contributed by atoms with Gasteiger partial charge in [0.05, 0.1) is 5.02 Å². The minimum Gasteiger partial charge on any atom is -0.393 e. The van der Waals surface area contributed by atoms with Crippen LogP contribution in [0.1, 0.15) is 10.4 Å². The number of hydrazine groups is 1. The second kappa shape index (κ2) is 7.98. The van der Waals surface area contributed by atoms with Crippen molar-refractivity contribution in [1.29, 1.82) is 0 Å². The van der Waals surface area contributed by atoms with Crippen LogP contribution in [-0.4, -0.2) is 20.9 Å². The lowest BCUT2D eigenvalue weighted by Gasteiger charge is -2.13. The van der Waals surface area contributed by atoms with Crippen molar-refractivity contribution in [2.24, 2.45) is 0 Å².